The lowest BCUT2D eigenvalue weighted by molar-refractivity contribution is 0.405. The molecule has 5 N–H and O–H groups in total. The number of aromatic hydroxyl groups is 2. The first-order chi connectivity index (χ1) is 5.75. The van der Waals surface area contributed by atoms with Crippen molar-refractivity contribution >= 4 is 5.69 Å². The van der Waals surface area contributed by atoms with Crippen molar-refractivity contribution in [3.63, 3.8) is 0 Å². The predicted octanol–water partition coefficient (Wildman–Crippen LogP) is 0.468. The number of phenolic OH excluding ortho intramolecular Hbond substituents is 2. The molecule has 0 aliphatic rings. The minimum absolute atomic E-state index is 0.128. The van der Waals surface area contributed by atoms with E-state index in [2.05, 4.69) is 5.32 Å². The van der Waals surface area contributed by atoms with E-state index < -0.39 is 0 Å². The molecule has 0 heterocycles. The van der Waals surface area contributed by atoms with Crippen molar-refractivity contribution in [2.45, 2.75) is 0 Å². The van der Waals surface area contributed by atoms with Crippen molar-refractivity contribution in [3.05, 3.63) is 18.2 Å². The van der Waals surface area contributed by atoms with Crippen molar-refractivity contribution in [2.75, 3.05) is 18.4 Å². The molecule has 0 atom stereocenters. The molecule has 0 aliphatic carbocycles. The Morgan fingerprint density at radius 2 is 2.08 bits per heavy atom. The monoisotopic (exact) mass is 168 g/mol. The average molecular weight is 168 g/mol. The van der Waals surface area contributed by atoms with Crippen molar-refractivity contribution in [1.82, 2.24) is 0 Å². The Kier molecular flexibility index (Phi) is 2.76. The zero-order chi connectivity index (χ0) is 8.97. The number of hydrogen-bond acceptors (Lipinski definition) is 4. The topological polar surface area (TPSA) is 78.5 Å². The lowest BCUT2D eigenvalue weighted by Crippen LogP contribution is -2.12. The Bertz CT molecular complexity index is 263. The van der Waals surface area contributed by atoms with E-state index in [1.807, 2.05) is 0 Å². The summed E-state index contributed by atoms with van der Waals surface area (Å²) >= 11 is 0. The molecule has 1 rings (SSSR count). The summed E-state index contributed by atoms with van der Waals surface area (Å²) in [5, 5.41) is 21.2. The molecule has 0 unspecified atom stereocenters. The molecule has 0 amide bonds. The maximum atomic E-state index is 9.27. The minimum Gasteiger partial charge on any atom is -0.504 e. The molecule has 66 valence electrons. The van der Waals surface area contributed by atoms with E-state index in [0.29, 0.717) is 18.8 Å². The lowest BCUT2D eigenvalue weighted by atomic mass is 10.2. The molecule has 0 aliphatic heterocycles. The molecule has 0 saturated carbocycles. The van der Waals surface area contributed by atoms with Crippen molar-refractivity contribution in [1.29, 1.82) is 0 Å². The average Bonchev–Trinajstić information content (AvgIpc) is 2.08. The number of nitrogens with two attached hydrogens (primary N) is 1. The van der Waals surface area contributed by atoms with Gasteiger partial charge in [-0.3, -0.25) is 0 Å². The van der Waals surface area contributed by atoms with Crippen LogP contribution in [0.5, 0.6) is 11.5 Å². The number of rotatable bonds is 3. The Hall–Kier alpha value is -1.42. The minimum atomic E-state index is -0.133. The first kappa shape index (κ1) is 8.67. The number of benzene rings is 1. The van der Waals surface area contributed by atoms with Gasteiger partial charge in [0, 0.05) is 13.1 Å². The molecule has 0 spiro atoms. The fourth-order valence-electron chi connectivity index (χ4n) is 0.881. The van der Waals surface area contributed by atoms with E-state index in [1.165, 1.54) is 6.07 Å². The largest absolute Gasteiger partial charge is 0.504 e. The number of para-hydroxylation sites is 1. The van der Waals surface area contributed by atoms with Crippen LogP contribution in [0.3, 0.4) is 0 Å². The van der Waals surface area contributed by atoms with Gasteiger partial charge >= 0.3 is 0 Å². The predicted molar refractivity (Wildman–Crippen MR) is 47.3 cm³/mol. The Labute approximate surface area is 70.6 Å². The highest BCUT2D eigenvalue weighted by molar-refractivity contribution is 5.61. The fourth-order valence-corrected chi connectivity index (χ4v) is 0.881. The summed E-state index contributed by atoms with van der Waals surface area (Å²) in [6.07, 6.45) is 0. The summed E-state index contributed by atoms with van der Waals surface area (Å²) in [6, 6.07) is 4.74. The van der Waals surface area contributed by atoms with Gasteiger partial charge in [-0.15, -0.1) is 0 Å². The maximum absolute atomic E-state index is 9.27. The number of phenols is 2. The van der Waals surface area contributed by atoms with Crippen LogP contribution in [0.2, 0.25) is 0 Å². The van der Waals surface area contributed by atoms with Gasteiger partial charge in [-0.05, 0) is 12.1 Å². The molecule has 1 aromatic rings. The van der Waals surface area contributed by atoms with E-state index >= 15 is 0 Å². The summed E-state index contributed by atoms with van der Waals surface area (Å²) < 4.78 is 0. The summed E-state index contributed by atoms with van der Waals surface area (Å²) in [7, 11) is 0. The van der Waals surface area contributed by atoms with Crippen molar-refractivity contribution < 1.29 is 10.2 Å². The van der Waals surface area contributed by atoms with Crippen molar-refractivity contribution in [2.24, 2.45) is 5.73 Å². The van der Waals surface area contributed by atoms with E-state index in [4.69, 9.17) is 10.8 Å². The van der Waals surface area contributed by atoms with E-state index in [0.717, 1.165) is 0 Å². The second-order valence-corrected chi connectivity index (χ2v) is 2.39. The van der Waals surface area contributed by atoms with E-state index in [-0.39, 0.29) is 11.5 Å². The summed E-state index contributed by atoms with van der Waals surface area (Å²) in [5.41, 5.74) is 5.76. The summed E-state index contributed by atoms with van der Waals surface area (Å²) in [5.74, 6) is -0.261. The first-order valence-corrected chi connectivity index (χ1v) is 3.70. The third-order valence-corrected chi connectivity index (χ3v) is 1.47. The van der Waals surface area contributed by atoms with Gasteiger partial charge < -0.3 is 21.3 Å². The smallest absolute Gasteiger partial charge is 0.181 e. The van der Waals surface area contributed by atoms with Crippen LogP contribution in [0.25, 0.3) is 0 Å². The highest BCUT2D eigenvalue weighted by Crippen LogP contribution is 2.31. The first-order valence-electron chi connectivity index (χ1n) is 3.70. The van der Waals surface area contributed by atoms with Crippen molar-refractivity contribution in [3.8, 4) is 11.5 Å². The van der Waals surface area contributed by atoms with Crippen LogP contribution in [0.15, 0.2) is 18.2 Å². The van der Waals surface area contributed by atoms with Gasteiger partial charge in [-0.1, -0.05) is 6.07 Å². The molecule has 0 saturated heterocycles. The summed E-state index contributed by atoms with van der Waals surface area (Å²) in [4.78, 5) is 0. The highest BCUT2D eigenvalue weighted by atomic mass is 16.3. The quantitative estimate of drug-likeness (QED) is 0.495. The van der Waals surface area contributed by atoms with Gasteiger partial charge in [0.1, 0.15) is 0 Å². The van der Waals surface area contributed by atoms with Crippen LogP contribution in [0.4, 0.5) is 5.69 Å². The summed E-state index contributed by atoms with van der Waals surface area (Å²) in [6.45, 7) is 1.05. The molecule has 0 radical (unpaired) electrons. The molecular formula is C8H12N2O2. The standard InChI is InChI=1S/C8H12N2O2/c9-4-5-10-6-2-1-3-7(11)8(6)12/h1-3,10-12H,4-5,9H2. The fraction of sp³-hybridized carbons (Fsp3) is 0.250. The zero-order valence-corrected chi connectivity index (χ0v) is 6.62. The second kappa shape index (κ2) is 3.82. The van der Waals surface area contributed by atoms with E-state index in [1.54, 1.807) is 12.1 Å². The zero-order valence-electron chi connectivity index (χ0n) is 6.62. The highest BCUT2D eigenvalue weighted by Gasteiger charge is 2.03. The Morgan fingerprint density at radius 3 is 2.75 bits per heavy atom. The normalized spacial score (nSPS) is 9.75. The Morgan fingerprint density at radius 1 is 1.33 bits per heavy atom. The number of nitrogens with one attached hydrogen (secondary N) is 1. The molecule has 4 nitrogen and oxygen atoms in total. The van der Waals surface area contributed by atoms with Gasteiger partial charge in [0.2, 0.25) is 0 Å². The van der Waals surface area contributed by atoms with Crippen LogP contribution >= 0.6 is 0 Å². The third kappa shape index (κ3) is 1.79. The lowest BCUT2D eigenvalue weighted by Gasteiger charge is -2.07. The van der Waals surface area contributed by atoms with Crippen LogP contribution in [-0.2, 0) is 0 Å². The van der Waals surface area contributed by atoms with Gasteiger partial charge in [0.25, 0.3) is 0 Å². The van der Waals surface area contributed by atoms with Gasteiger partial charge in [-0.2, -0.15) is 0 Å². The van der Waals surface area contributed by atoms with Gasteiger partial charge in [-0.25, -0.2) is 0 Å². The Balaban J connectivity index is 2.78. The molecular weight excluding hydrogens is 156 g/mol. The van der Waals surface area contributed by atoms with Crippen LogP contribution in [0, 0.1) is 0 Å². The number of anilines is 1. The van der Waals surface area contributed by atoms with Crippen LogP contribution in [-0.4, -0.2) is 23.3 Å². The van der Waals surface area contributed by atoms with Crippen LogP contribution < -0.4 is 11.1 Å². The molecule has 12 heavy (non-hydrogen) atoms. The van der Waals surface area contributed by atoms with Gasteiger partial charge in [0.05, 0.1) is 5.69 Å². The third-order valence-electron chi connectivity index (χ3n) is 1.47. The molecule has 0 bridgehead atoms. The molecule has 1 aromatic carbocycles. The number of hydrogen-bond donors (Lipinski definition) is 4. The molecule has 0 fully saturated rings. The molecule has 4 heteroatoms. The van der Waals surface area contributed by atoms with Crippen LogP contribution in [0.1, 0.15) is 0 Å². The van der Waals surface area contributed by atoms with Gasteiger partial charge in [0.15, 0.2) is 11.5 Å². The maximum Gasteiger partial charge on any atom is 0.181 e. The molecule has 0 aromatic heterocycles. The second-order valence-electron chi connectivity index (χ2n) is 2.39. The van der Waals surface area contributed by atoms with E-state index in [9.17, 15) is 5.11 Å². The SMILES string of the molecule is NCCNc1cccc(O)c1O.